The highest BCUT2D eigenvalue weighted by atomic mass is 32.2. The molecule has 0 saturated heterocycles. The first kappa shape index (κ1) is 15.7. The van der Waals surface area contributed by atoms with Crippen LogP contribution in [0.25, 0.3) is 5.57 Å². The molecule has 1 heteroatoms. The predicted octanol–water partition coefficient (Wildman–Crippen LogP) is 6.56. The van der Waals surface area contributed by atoms with Crippen molar-refractivity contribution in [3.8, 4) is 0 Å². The second-order valence-corrected chi connectivity index (χ2v) is 6.23. The van der Waals surface area contributed by atoms with Crippen LogP contribution >= 0.6 is 11.8 Å². The van der Waals surface area contributed by atoms with Gasteiger partial charge in [0.1, 0.15) is 0 Å². The molecule has 108 valence electrons. The number of hydrogen-bond donors (Lipinski definition) is 0. The molecule has 0 bridgehead atoms. The quantitative estimate of drug-likeness (QED) is 0.429. The fourth-order valence-electron chi connectivity index (χ4n) is 2.08. The van der Waals surface area contributed by atoms with Gasteiger partial charge in [-0.05, 0) is 43.0 Å². The highest BCUT2D eigenvalue weighted by Gasteiger charge is 2.01. The molecule has 0 aliphatic rings. The Balaban J connectivity index is 2.28. The van der Waals surface area contributed by atoms with Gasteiger partial charge in [-0.1, -0.05) is 73.6 Å². The summed E-state index contributed by atoms with van der Waals surface area (Å²) < 4.78 is 0. The zero-order valence-corrected chi connectivity index (χ0v) is 13.6. The van der Waals surface area contributed by atoms with Crippen molar-refractivity contribution < 1.29 is 0 Å². The third-order valence-corrected chi connectivity index (χ3v) is 4.34. The molecule has 0 aliphatic heterocycles. The molecule has 0 unspecified atom stereocenters. The summed E-state index contributed by atoms with van der Waals surface area (Å²) in [6.07, 6.45) is 3.52. The van der Waals surface area contributed by atoms with E-state index in [4.69, 9.17) is 0 Å². The van der Waals surface area contributed by atoms with Gasteiger partial charge in [0.05, 0.1) is 0 Å². The Morgan fingerprint density at radius 1 is 0.952 bits per heavy atom. The molecule has 2 aromatic carbocycles. The predicted molar refractivity (Wildman–Crippen MR) is 94.4 cm³/mol. The Bertz CT molecular complexity index is 605. The lowest BCUT2D eigenvalue weighted by Crippen LogP contribution is -1.81. The molecule has 0 N–H and O–H groups in total. The molecule has 0 aromatic heterocycles. The Morgan fingerprint density at radius 2 is 1.57 bits per heavy atom. The van der Waals surface area contributed by atoms with E-state index in [1.165, 1.54) is 33.8 Å². The number of unbranched alkanes of at least 4 members (excludes halogenated alkanes) is 1. The average Bonchev–Trinajstić information content (AvgIpc) is 2.54. The summed E-state index contributed by atoms with van der Waals surface area (Å²) in [5.74, 6) is 0. The Morgan fingerprint density at radius 3 is 2.19 bits per heavy atom. The fourth-order valence-corrected chi connectivity index (χ4v) is 3.10. The zero-order valence-electron chi connectivity index (χ0n) is 12.8. The van der Waals surface area contributed by atoms with Gasteiger partial charge in [0.25, 0.3) is 0 Å². The van der Waals surface area contributed by atoms with Crippen molar-refractivity contribution in [1.29, 1.82) is 0 Å². The first-order valence-electron chi connectivity index (χ1n) is 7.54. The fraction of sp³-hybridized carbons (Fsp3) is 0.250. The van der Waals surface area contributed by atoms with Crippen LogP contribution in [-0.2, 0) is 0 Å². The minimum absolute atomic E-state index is 1.10. The first-order valence-corrected chi connectivity index (χ1v) is 8.36. The van der Waals surface area contributed by atoms with Crippen molar-refractivity contribution in [3.63, 3.8) is 0 Å². The van der Waals surface area contributed by atoms with Crippen molar-refractivity contribution in [2.75, 3.05) is 0 Å². The molecule has 0 nitrogen and oxygen atoms in total. The van der Waals surface area contributed by atoms with Crippen molar-refractivity contribution in [2.24, 2.45) is 0 Å². The van der Waals surface area contributed by atoms with Gasteiger partial charge in [-0.3, -0.25) is 0 Å². The van der Waals surface area contributed by atoms with Gasteiger partial charge >= 0.3 is 0 Å². The van der Waals surface area contributed by atoms with Crippen LogP contribution < -0.4 is 0 Å². The average molecular weight is 294 g/mol. The van der Waals surface area contributed by atoms with E-state index in [0.29, 0.717) is 0 Å². The molecule has 0 radical (unpaired) electrons. The Kier molecular flexibility index (Phi) is 6.40. The lowest BCUT2D eigenvalue weighted by Gasteiger charge is -2.05. The highest BCUT2D eigenvalue weighted by molar-refractivity contribution is 8.03. The van der Waals surface area contributed by atoms with E-state index in [1.807, 2.05) is 11.8 Å². The molecule has 0 atom stereocenters. The monoisotopic (exact) mass is 294 g/mol. The van der Waals surface area contributed by atoms with Crippen LogP contribution in [0.3, 0.4) is 0 Å². The van der Waals surface area contributed by atoms with Crippen molar-refractivity contribution >= 4 is 17.3 Å². The molecule has 0 amide bonds. The minimum atomic E-state index is 1.10. The van der Waals surface area contributed by atoms with E-state index < -0.39 is 0 Å². The molecular formula is C20H22S. The molecule has 21 heavy (non-hydrogen) atoms. The van der Waals surface area contributed by atoms with Gasteiger partial charge in [0.2, 0.25) is 0 Å². The summed E-state index contributed by atoms with van der Waals surface area (Å²) in [4.78, 5) is 2.61. The second kappa shape index (κ2) is 8.56. The van der Waals surface area contributed by atoms with E-state index >= 15 is 0 Å². The Hall–Kier alpha value is -1.69. The van der Waals surface area contributed by atoms with Gasteiger partial charge in [-0.2, -0.15) is 0 Å². The largest absolute Gasteiger partial charge is 0.106 e. The van der Waals surface area contributed by atoms with Crippen molar-refractivity contribution in [3.05, 3.63) is 76.9 Å². The van der Waals surface area contributed by atoms with Crippen LogP contribution in [0.2, 0.25) is 0 Å². The number of thioether (sulfide) groups is 1. The topological polar surface area (TPSA) is 0 Å². The van der Waals surface area contributed by atoms with Crippen LogP contribution in [0.5, 0.6) is 0 Å². The van der Waals surface area contributed by atoms with E-state index in [-0.39, 0.29) is 0 Å². The molecule has 0 fully saturated rings. The molecule has 0 spiro atoms. The number of rotatable bonds is 6. The van der Waals surface area contributed by atoms with Crippen LogP contribution in [0, 0.1) is 0 Å². The zero-order chi connectivity index (χ0) is 14.9. The van der Waals surface area contributed by atoms with Crippen LogP contribution in [-0.4, -0.2) is 0 Å². The summed E-state index contributed by atoms with van der Waals surface area (Å²) in [7, 11) is 0. The van der Waals surface area contributed by atoms with Gasteiger partial charge in [0.15, 0.2) is 0 Å². The summed E-state index contributed by atoms with van der Waals surface area (Å²) in [6.45, 7) is 4.38. The van der Waals surface area contributed by atoms with Gasteiger partial charge in [-0.15, -0.1) is 5.73 Å². The maximum Gasteiger partial charge on any atom is 0.0318 e. The van der Waals surface area contributed by atoms with Crippen molar-refractivity contribution in [1.82, 2.24) is 0 Å². The van der Waals surface area contributed by atoms with E-state index in [1.54, 1.807) is 0 Å². The van der Waals surface area contributed by atoms with E-state index in [2.05, 4.69) is 80.2 Å². The molecule has 2 aromatic rings. The number of allylic oxidation sites excluding steroid dienone is 1. The highest BCUT2D eigenvalue weighted by Crippen LogP contribution is 2.30. The molecule has 0 heterocycles. The maximum atomic E-state index is 3.61. The van der Waals surface area contributed by atoms with E-state index in [0.717, 1.165) is 6.42 Å². The molecule has 2 rings (SSSR count). The summed E-state index contributed by atoms with van der Waals surface area (Å²) in [5, 5.41) is 0. The lowest BCUT2D eigenvalue weighted by molar-refractivity contribution is 0.809. The number of benzene rings is 2. The summed E-state index contributed by atoms with van der Waals surface area (Å²) in [5.41, 5.74) is 6.08. The third-order valence-electron chi connectivity index (χ3n) is 3.28. The molecule has 0 saturated carbocycles. The van der Waals surface area contributed by atoms with Gasteiger partial charge in [-0.25, -0.2) is 0 Å². The van der Waals surface area contributed by atoms with E-state index in [9.17, 15) is 0 Å². The molecular weight excluding hydrogens is 272 g/mol. The standard InChI is InChI=1S/C20H22S/c1-3-4-13-20(21-19-14-9-6-10-15-19)16-17(2)18-11-7-5-8-12-18/h5-12,14-15H,3-4,13H2,1-2H3. The first-order chi connectivity index (χ1) is 10.3. The van der Waals surface area contributed by atoms with Gasteiger partial charge < -0.3 is 0 Å². The van der Waals surface area contributed by atoms with Gasteiger partial charge in [0, 0.05) is 9.80 Å². The third kappa shape index (κ3) is 5.30. The smallest absolute Gasteiger partial charge is 0.0318 e. The van der Waals surface area contributed by atoms with Crippen LogP contribution in [0.4, 0.5) is 0 Å². The summed E-state index contributed by atoms with van der Waals surface area (Å²) >= 11 is 1.84. The Labute approximate surface area is 132 Å². The SMILES string of the molecule is CCCCC(=C=C(C)c1ccccc1)Sc1ccccc1. The van der Waals surface area contributed by atoms with Crippen LogP contribution in [0.1, 0.15) is 38.7 Å². The molecule has 0 aliphatic carbocycles. The second-order valence-electron chi connectivity index (χ2n) is 5.06. The lowest BCUT2D eigenvalue weighted by atomic mass is 10.1. The number of hydrogen-bond acceptors (Lipinski definition) is 1. The maximum absolute atomic E-state index is 3.61. The minimum Gasteiger partial charge on any atom is -0.106 e. The van der Waals surface area contributed by atoms with Crippen LogP contribution in [0.15, 0.2) is 76.2 Å². The van der Waals surface area contributed by atoms with Crippen molar-refractivity contribution in [2.45, 2.75) is 38.0 Å². The summed E-state index contributed by atoms with van der Waals surface area (Å²) in [6, 6.07) is 21.1. The normalized spacial score (nSPS) is 10.0.